The van der Waals surface area contributed by atoms with E-state index in [1.54, 1.807) is 19.2 Å². The first kappa shape index (κ1) is 19.5. The SMILES string of the molecule is COCCCN(CC(=O)Nc1ccccc1Oc1ccccc1)C(C)=O. The number of carbonyl (C=O) groups excluding carboxylic acids is 2. The molecule has 2 rings (SSSR count). The number of amides is 2. The Bertz CT molecular complexity index is 719. The average molecular weight is 356 g/mol. The predicted molar refractivity (Wildman–Crippen MR) is 100 cm³/mol. The highest BCUT2D eigenvalue weighted by Crippen LogP contribution is 2.29. The third-order valence-corrected chi connectivity index (χ3v) is 3.69. The zero-order valence-corrected chi connectivity index (χ0v) is 15.1. The van der Waals surface area contributed by atoms with E-state index in [0.717, 1.165) is 0 Å². The van der Waals surface area contributed by atoms with Gasteiger partial charge >= 0.3 is 0 Å². The first-order valence-corrected chi connectivity index (χ1v) is 8.46. The summed E-state index contributed by atoms with van der Waals surface area (Å²) in [5.74, 6) is 0.798. The van der Waals surface area contributed by atoms with Crippen molar-refractivity contribution in [2.45, 2.75) is 13.3 Å². The van der Waals surface area contributed by atoms with Crippen LogP contribution < -0.4 is 10.1 Å². The molecule has 0 aromatic heterocycles. The first-order chi connectivity index (χ1) is 12.6. The van der Waals surface area contributed by atoms with Crippen molar-refractivity contribution in [1.82, 2.24) is 4.90 Å². The Morgan fingerprint density at radius 2 is 1.73 bits per heavy atom. The van der Waals surface area contributed by atoms with Gasteiger partial charge in [-0.3, -0.25) is 9.59 Å². The van der Waals surface area contributed by atoms with Crippen LogP contribution in [0.2, 0.25) is 0 Å². The number of ether oxygens (including phenoxy) is 2. The average Bonchev–Trinajstić information content (AvgIpc) is 2.63. The first-order valence-electron chi connectivity index (χ1n) is 8.46. The van der Waals surface area contributed by atoms with Crippen molar-refractivity contribution in [3.63, 3.8) is 0 Å². The summed E-state index contributed by atoms with van der Waals surface area (Å²) < 4.78 is 10.8. The van der Waals surface area contributed by atoms with Crippen molar-refractivity contribution >= 4 is 17.5 Å². The smallest absolute Gasteiger partial charge is 0.244 e. The van der Waals surface area contributed by atoms with Crippen LogP contribution in [-0.4, -0.2) is 43.5 Å². The highest BCUT2D eigenvalue weighted by Gasteiger charge is 2.15. The van der Waals surface area contributed by atoms with Crippen LogP contribution in [0.5, 0.6) is 11.5 Å². The lowest BCUT2D eigenvalue weighted by Gasteiger charge is -2.20. The molecule has 6 nitrogen and oxygen atoms in total. The molecular weight excluding hydrogens is 332 g/mol. The Morgan fingerprint density at radius 1 is 1.04 bits per heavy atom. The zero-order valence-electron chi connectivity index (χ0n) is 15.1. The van der Waals surface area contributed by atoms with Crippen molar-refractivity contribution < 1.29 is 19.1 Å². The van der Waals surface area contributed by atoms with E-state index in [1.807, 2.05) is 42.5 Å². The van der Waals surface area contributed by atoms with E-state index < -0.39 is 0 Å². The number of nitrogens with one attached hydrogen (secondary N) is 1. The van der Waals surface area contributed by atoms with Gasteiger partial charge in [0.15, 0.2) is 5.75 Å². The summed E-state index contributed by atoms with van der Waals surface area (Å²) >= 11 is 0. The van der Waals surface area contributed by atoms with Gasteiger partial charge in [-0.2, -0.15) is 0 Å². The van der Waals surface area contributed by atoms with E-state index in [4.69, 9.17) is 9.47 Å². The van der Waals surface area contributed by atoms with Gasteiger partial charge < -0.3 is 19.7 Å². The van der Waals surface area contributed by atoms with Crippen molar-refractivity contribution in [2.75, 3.05) is 32.1 Å². The fourth-order valence-corrected chi connectivity index (χ4v) is 2.39. The standard InChI is InChI=1S/C20H24N2O4/c1-16(23)22(13-8-14-25-2)15-20(24)21-18-11-6-7-12-19(18)26-17-9-4-3-5-10-17/h3-7,9-12H,8,13-15H2,1-2H3,(H,21,24). The van der Waals surface area contributed by atoms with E-state index in [2.05, 4.69) is 5.32 Å². The number of nitrogens with zero attached hydrogens (tertiary/aromatic N) is 1. The summed E-state index contributed by atoms with van der Waals surface area (Å²) in [6.45, 7) is 2.45. The maximum absolute atomic E-state index is 12.4. The molecule has 0 atom stereocenters. The quantitative estimate of drug-likeness (QED) is 0.700. The van der Waals surface area contributed by atoms with Gasteiger partial charge in [-0.05, 0) is 30.7 Å². The highest BCUT2D eigenvalue weighted by atomic mass is 16.5. The Kier molecular flexibility index (Phi) is 7.64. The van der Waals surface area contributed by atoms with Crippen LogP contribution in [-0.2, 0) is 14.3 Å². The molecule has 0 saturated heterocycles. The van der Waals surface area contributed by atoms with Crippen LogP contribution in [0.4, 0.5) is 5.69 Å². The number of rotatable bonds is 9. The molecule has 2 aromatic rings. The number of para-hydroxylation sites is 3. The minimum absolute atomic E-state index is 0.0152. The molecule has 0 bridgehead atoms. The zero-order chi connectivity index (χ0) is 18.8. The van der Waals surface area contributed by atoms with Gasteiger partial charge in [-0.25, -0.2) is 0 Å². The van der Waals surface area contributed by atoms with Crippen molar-refractivity contribution in [3.8, 4) is 11.5 Å². The lowest BCUT2D eigenvalue weighted by atomic mass is 10.2. The summed E-state index contributed by atoms with van der Waals surface area (Å²) in [5, 5.41) is 2.82. The number of benzene rings is 2. The topological polar surface area (TPSA) is 67.9 Å². The van der Waals surface area contributed by atoms with Crippen molar-refractivity contribution in [2.24, 2.45) is 0 Å². The summed E-state index contributed by atoms with van der Waals surface area (Å²) in [4.78, 5) is 25.6. The monoisotopic (exact) mass is 356 g/mol. The maximum Gasteiger partial charge on any atom is 0.244 e. The van der Waals surface area contributed by atoms with Crippen LogP contribution in [0.25, 0.3) is 0 Å². The Labute approximate surface area is 153 Å². The molecule has 2 amide bonds. The molecule has 0 unspecified atom stereocenters. The molecule has 0 radical (unpaired) electrons. The molecule has 0 fully saturated rings. The highest BCUT2D eigenvalue weighted by molar-refractivity contribution is 5.95. The number of methoxy groups -OCH3 is 1. The minimum atomic E-state index is -0.276. The molecular formula is C20H24N2O4. The Balaban J connectivity index is 2.00. The van der Waals surface area contributed by atoms with Crippen LogP contribution in [0, 0.1) is 0 Å². The molecule has 0 aliphatic rings. The fraction of sp³-hybridized carbons (Fsp3) is 0.300. The second kappa shape index (κ2) is 10.2. The van der Waals surface area contributed by atoms with Gasteiger partial charge in [0.25, 0.3) is 0 Å². The van der Waals surface area contributed by atoms with Gasteiger partial charge in [0.2, 0.25) is 11.8 Å². The molecule has 138 valence electrons. The summed E-state index contributed by atoms with van der Waals surface area (Å²) in [5.41, 5.74) is 0.557. The predicted octanol–water partition coefficient (Wildman–Crippen LogP) is 3.30. The molecule has 0 spiro atoms. The maximum atomic E-state index is 12.4. The van der Waals surface area contributed by atoms with Crippen LogP contribution in [0.15, 0.2) is 54.6 Å². The normalized spacial score (nSPS) is 10.2. The molecule has 1 N–H and O–H groups in total. The molecule has 0 aliphatic heterocycles. The Morgan fingerprint density at radius 3 is 2.42 bits per heavy atom. The Hall–Kier alpha value is -2.86. The summed E-state index contributed by atoms with van der Waals surface area (Å²) in [6.07, 6.45) is 0.678. The summed E-state index contributed by atoms with van der Waals surface area (Å²) in [7, 11) is 1.61. The number of hydrogen-bond acceptors (Lipinski definition) is 4. The number of carbonyl (C=O) groups is 2. The minimum Gasteiger partial charge on any atom is -0.455 e. The fourth-order valence-electron chi connectivity index (χ4n) is 2.39. The van der Waals surface area contributed by atoms with Crippen molar-refractivity contribution in [3.05, 3.63) is 54.6 Å². The van der Waals surface area contributed by atoms with Crippen molar-refractivity contribution in [1.29, 1.82) is 0 Å². The van der Waals surface area contributed by atoms with Crippen LogP contribution in [0.3, 0.4) is 0 Å². The van der Waals surface area contributed by atoms with Crippen LogP contribution >= 0.6 is 0 Å². The van der Waals surface area contributed by atoms with Gasteiger partial charge in [0, 0.05) is 27.2 Å². The van der Waals surface area contributed by atoms with Gasteiger partial charge in [0.05, 0.1) is 12.2 Å². The van der Waals surface area contributed by atoms with E-state index in [0.29, 0.717) is 36.8 Å². The largest absolute Gasteiger partial charge is 0.455 e. The van der Waals surface area contributed by atoms with E-state index >= 15 is 0 Å². The molecule has 0 aliphatic carbocycles. The lowest BCUT2D eigenvalue weighted by molar-refractivity contribution is -0.132. The van der Waals surface area contributed by atoms with Gasteiger partial charge in [0.1, 0.15) is 5.75 Å². The van der Waals surface area contributed by atoms with Gasteiger partial charge in [-0.15, -0.1) is 0 Å². The third kappa shape index (κ3) is 6.22. The van der Waals surface area contributed by atoms with E-state index in [9.17, 15) is 9.59 Å². The molecule has 6 heteroatoms. The number of hydrogen-bond donors (Lipinski definition) is 1. The molecule has 26 heavy (non-hydrogen) atoms. The van der Waals surface area contributed by atoms with E-state index in [-0.39, 0.29) is 18.4 Å². The molecule has 0 saturated carbocycles. The second-order valence-corrected chi connectivity index (χ2v) is 5.75. The van der Waals surface area contributed by atoms with Gasteiger partial charge in [-0.1, -0.05) is 30.3 Å². The lowest BCUT2D eigenvalue weighted by Crippen LogP contribution is -2.37. The summed E-state index contributed by atoms with van der Waals surface area (Å²) in [6, 6.07) is 16.5. The second-order valence-electron chi connectivity index (χ2n) is 5.75. The molecule has 2 aromatic carbocycles. The van der Waals surface area contributed by atoms with E-state index in [1.165, 1.54) is 11.8 Å². The molecule has 0 heterocycles. The third-order valence-electron chi connectivity index (χ3n) is 3.69. The van der Waals surface area contributed by atoms with Crippen LogP contribution in [0.1, 0.15) is 13.3 Å². The number of anilines is 1.